The smallest absolute Gasteiger partial charge is 0.222 e. The van der Waals surface area contributed by atoms with Crippen LogP contribution in [0.4, 0.5) is 0 Å². The first-order chi connectivity index (χ1) is 9.67. The fraction of sp³-hybridized carbons (Fsp3) is 0.867. The normalized spacial score (nSPS) is 32.1. The summed E-state index contributed by atoms with van der Waals surface area (Å²) in [6, 6.07) is 0. The van der Waals surface area contributed by atoms with E-state index in [9.17, 15) is 9.59 Å². The van der Waals surface area contributed by atoms with E-state index in [0.29, 0.717) is 18.8 Å². The van der Waals surface area contributed by atoms with Crippen LogP contribution < -0.4 is 10.6 Å². The van der Waals surface area contributed by atoms with Crippen molar-refractivity contribution in [1.82, 2.24) is 15.5 Å². The maximum absolute atomic E-state index is 12.4. The lowest BCUT2D eigenvalue weighted by Gasteiger charge is -2.39. The second kappa shape index (κ2) is 6.97. The summed E-state index contributed by atoms with van der Waals surface area (Å²) in [5, 5.41) is 6.28. The molecule has 0 radical (unpaired) electrons. The molecule has 0 saturated carbocycles. The predicted molar refractivity (Wildman–Crippen MR) is 83.3 cm³/mol. The fourth-order valence-electron chi connectivity index (χ4n) is 3.91. The summed E-state index contributed by atoms with van der Waals surface area (Å²) in [5.74, 6) is 1.11. The van der Waals surface area contributed by atoms with Gasteiger partial charge < -0.3 is 15.5 Å². The van der Waals surface area contributed by atoms with Crippen LogP contribution in [0.2, 0.25) is 0 Å². The van der Waals surface area contributed by atoms with Gasteiger partial charge in [-0.3, -0.25) is 9.59 Å². The van der Waals surface area contributed by atoms with E-state index in [2.05, 4.69) is 10.6 Å². The molecule has 21 heavy (non-hydrogen) atoms. The number of carbonyl (C=O) groups excluding carboxylic acids is 2. The molecule has 0 aromatic rings. The lowest BCUT2D eigenvalue weighted by atomic mass is 9.79. The minimum atomic E-state index is 0. The molecule has 2 unspecified atom stereocenters. The van der Waals surface area contributed by atoms with Crippen molar-refractivity contribution in [2.45, 2.75) is 38.5 Å². The van der Waals surface area contributed by atoms with Crippen molar-refractivity contribution in [3.05, 3.63) is 0 Å². The van der Waals surface area contributed by atoms with E-state index in [4.69, 9.17) is 0 Å². The monoisotopic (exact) mass is 315 g/mol. The number of amides is 2. The van der Waals surface area contributed by atoms with Crippen molar-refractivity contribution in [3.63, 3.8) is 0 Å². The van der Waals surface area contributed by atoms with Gasteiger partial charge in [-0.2, -0.15) is 0 Å². The van der Waals surface area contributed by atoms with Crippen LogP contribution in [0.5, 0.6) is 0 Å². The first-order valence-electron chi connectivity index (χ1n) is 7.92. The van der Waals surface area contributed by atoms with E-state index in [1.54, 1.807) is 0 Å². The van der Waals surface area contributed by atoms with E-state index >= 15 is 0 Å². The Balaban J connectivity index is 0.00000161. The number of piperidine rings is 1. The third-order valence-electron chi connectivity index (χ3n) is 5.14. The van der Waals surface area contributed by atoms with Crippen LogP contribution in [0.25, 0.3) is 0 Å². The van der Waals surface area contributed by atoms with Crippen LogP contribution in [-0.4, -0.2) is 49.4 Å². The number of rotatable bonds is 3. The SMILES string of the molecule is Cl.O=C1CC2(CCCN(C(=O)CCC3CCNC3)C2)CN1. The molecule has 6 heteroatoms. The van der Waals surface area contributed by atoms with Crippen LogP contribution in [-0.2, 0) is 9.59 Å². The van der Waals surface area contributed by atoms with E-state index in [1.165, 1.54) is 6.42 Å². The Morgan fingerprint density at radius 2 is 2.29 bits per heavy atom. The molecule has 3 saturated heterocycles. The van der Waals surface area contributed by atoms with Crippen molar-refractivity contribution in [2.75, 3.05) is 32.7 Å². The topological polar surface area (TPSA) is 61.4 Å². The van der Waals surface area contributed by atoms with Crippen molar-refractivity contribution < 1.29 is 9.59 Å². The van der Waals surface area contributed by atoms with E-state index in [1.807, 2.05) is 4.90 Å². The first-order valence-corrected chi connectivity index (χ1v) is 7.92. The van der Waals surface area contributed by atoms with Gasteiger partial charge in [-0.25, -0.2) is 0 Å². The molecule has 1 spiro atoms. The molecule has 3 heterocycles. The lowest BCUT2D eigenvalue weighted by Crippen LogP contribution is -2.47. The molecule has 2 atom stereocenters. The summed E-state index contributed by atoms with van der Waals surface area (Å²) >= 11 is 0. The van der Waals surface area contributed by atoms with Gasteiger partial charge in [0.25, 0.3) is 0 Å². The van der Waals surface area contributed by atoms with Gasteiger partial charge in [0, 0.05) is 37.9 Å². The van der Waals surface area contributed by atoms with Gasteiger partial charge in [0.1, 0.15) is 0 Å². The van der Waals surface area contributed by atoms with Crippen molar-refractivity contribution in [1.29, 1.82) is 0 Å². The fourth-order valence-corrected chi connectivity index (χ4v) is 3.91. The minimum Gasteiger partial charge on any atom is -0.355 e. The zero-order valence-electron chi connectivity index (χ0n) is 12.5. The largest absolute Gasteiger partial charge is 0.355 e. The Kier molecular flexibility index (Phi) is 5.49. The molecule has 0 aromatic heterocycles. The van der Waals surface area contributed by atoms with Crippen LogP contribution in [0.1, 0.15) is 38.5 Å². The molecular formula is C15H26ClN3O2. The van der Waals surface area contributed by atoms with Gasteiger partial charge in [-0.1, -0.05) is 0 Å². The first kappa shape index (κ1) is 16.6. The molecule has 3 rings (SSSR count). The molecule has 0 aliphatic carbocycles. The number of hydrogen-bond acceptors (Lipinski definition) is 3. The number of carbonyl (C=O) groups is 2. The van der Waals surface area contributed by atoms with E-state index < -0.39 is 0 Å². The lowest BCUT2D eigenvalue weighted by molar-refractivity contribution is -0.135. The maximum atomic E-state index is 12.4. The zero-order valence-corrected chi connectivity index (χ0v) is 13.3. The van der Waals surface area contributed by atoms with E-state index in [-0.39, 0.29) is 29.6 Å². The molecule has 5 nitrogen and oxygen atoms in total. The molecular weight excluding hydrogens is 290 g/mol. The predicted octanol–water partition coefficient (Wildman–Crippen LogP) is 0.927. The highest BCUT2D eigenvalue weighted by Gasteiger charge is 2.42. The van der Waals surface area contributed by atoms with Crippen LogP contribution in [0.3, 0.4) is 0 Å². The van der Waals surface area contributed by atoms with Gasteiger partial charge in [-0.15, -0.1) is 12.4 Å². The van der Waals surface area contributed by atoms with Gasteiger partial charge in [-0.05, 0) is 44.7 Å². The van der Waals surface area contributed by atoms with Crippen molar-refractivity contribution in [2.24, 2.45) is 11.3 Å². The highest BCUT2D eigenvalue weighted by molar-refractivity contribution is 5.85. The zero-order chi connectivity index (χ0) is 14.0. The molecule has 2 amide bonds. The van der Waals surface area contributed by atoms with Crippen LogP contribution >= 0.6 is 12.4 Å². The number of likely N-dealkylation sites (tertiary alicyclic amines) is 1. The second-order valence-corrected chi connectivity index (χ2v) is 6.77. The Morgan fingerprint density at radius 3 is 2.95 bits per heavy atom. The molecule has 3 aliphatic heterocycles. The summed E-state index contributed by atoms with van der Waals surface area (Å²) in [6.45, 7) is 4.56. The number of hydrogen-bond donors (Lipinski definition) is 2. The Labute approximate surface area is 132 Å². The van der Waals surface area contributed by atoms with Crippen LogP contribution in [0.15, 0.2) is 0 Å². The van der Waals surface area contributed by atoms with Gasteiger partial charge in [0.05, 0.1) is 0 Å². The summed E-state index contributed by atoms with van der Waals surface area (Å²) in [6.07, 6.45) is 5.59. The Morgan fingerprint density at radius 1 is 1.43 bits per heavy atom. The average Bonchev–Trinajstić information content (AvgIpc) is 3.07. The van der Waals surface area contributed by atoms with Gasteiger partial charge in [0.15, 0.2) is 0 Å². The maximum Gasteiger partial charge on any atom is 0.222 e. The molecule has 3 fully saturated rings. The van der Waals surface area contributed by atoms with E-state index in [0.717, 1.165) is 52.0 Å². The Hall–Kier alpha value is -0.810. The molecule has 0 aromatic carbocycles. The Bertz CT molecular complexity index is 398. The summed E-state index contributed by atoms with van der Waals surface area (Å²) < 4.78 is 0. The molecule has 120 valence electrons. The molecule has 3 aliphatic rings. The highest BCUT2D eigenvalue weighted by atomic mass is 35.5. The summed E-state index contributed by atoms with van der Waals surface area (Å²) in [7, 11) is 0. The summed E-state index contributed by atoms with van der Waals surface area (Å²) in [5.41, 5.74) is 0.0277. The minimum absolute atomic E-state index is 0. The second-order valence-electron chi connectivity index (χ2n) is 6.77. The quantitative estimate of drug-likeness (QED) is 0.814. The average molecular weight is 316 g/mol. The number of nitrogens with zero attached hydrogens (tertiary/aromatic N) is 1. The van der Waals surface area contributed by atoms with Gasteiger partial charge in [0.2, 0.25) is 11.8 Å². The van der Waals surface area contributed by atoms with Crippen molar-refractivity contribution in [3.8, 4) is 0 Å². The third-order valence-corrected chi connectivity index (χ3v) is 5.14. The van der Waals surface area contributed by atoms with Crippen molar-refractivity contribution >= 4 is 24.2 Å². The van der Waals surface area contributed by atoms with Crippen LogP contribution in [0, 0.1) is 11.3 Å². The standard InChI is InChI=1S/C15H25N3O2.ClH/c19-13-8-15(10-17-13)5-1-7-18(11-15)14(20)3-2-12-4-6-16-9-12;/h12,16H,1-11H2,(H,17,19);1H. The number of halogens is 1. The summed E-state index contributed by atoms with van der Waals surface area (Å²) in [4.78, 5) is 25.9. The third kappa shape index (κ3) is 3.89. The molecule has 2 N–H and O–H groups in total. The molecule has 0 bridgehead atoms. The van der Waals surface area contributed by atoms with Gasteiger partial charge >= 0.3 is 0 Å². The number of nitrogens with one attached hydrogen (secondary N) is 2. The highest BCUT2D eigenvalue weighted by Crippen LogP contribution is 2.36.